The maximum absolute atomic E-state index is 11.9. The largest absolute Gasteiger partial charge is 0.496 e. The highest BCUT2D eigenvalue weighted by Gasteiger charge is 2.20. The summed E-state index contributed by atoms with van der Waals surface area (Å²) in [5.41, 5.74) is 6.03. The Morgan fingerprint density at radius 1 is 1.43 bits per heavy atom. The zero-order valence-electron chi connectivity index (χ0n) is 13.6. The van der Waals surface area contributed by atoms with E-state index in [1.165, 1.54) is 26.0 Å². The van der Waals surface area contributed by atoms with E-state index < -0.39 is 5.91 Å². The number of anilines is 1. The summed E-state index contributed by atoms with van der Waals surface area (Å²) in [4.78, 5) is 25.6. The topological polar surface area (TPSA) is 96.7 Å². The fourth-order valence-electron chi connectivity index (χ4n) is 2.85. The first-order chi connectivity index (χ1) is 11.0. The summed E-state index contributed by atoms with van der Waals surface area (Å²) in [6.07, 6.45) is 3.33. The zero-order chi connectivity index (χ0) is 16.8. The summed E-state index contributed by atoms with van der Waals surface area (Å²) in [5.74, 6) is -0.220. The molecule has 1 aromatic rings. The second-order valence-corrected chi connectivity index (χ2v) is 5.73. The minimum atomic E-state index is -0.602. The van der Waals surface area contributed by atoms with Crippen molar-refractivity contribution in [3.05, 3.63) is 23.8 Å². The van der Waals surface area contributed by atoms with E-state index in [9.17, 15) is 9.59 Å². The van der Waals surface area contributed by atoms with Crippen LogP contribution >= 0.6 is 0 Å². The Kier molecular flexibility index (Phi) is 5.81. The number of benzene rings is 1. The number of methoxy groups -OCH3 is 1. The van der Waals surface area contributed by atoms with Crippen molar-refractivity contribution in [1.82, 2.24) is 10.2 Å². The molecule has 7 heteroatoms. The molecule has 4 N–H and O–H groups in total. The Labute approximate surface area is 136 Å². The third-order valence-electron chi connectivity index (χ3n) is 4.16. The van der Waals surface area contributed by atoms with Gasteiger partial charge in [-0.3, -0.25) is 4.79 Å². The van der Waals surface area contributed by atoms with Crippen molar-refractivity contribution in [3.63, 3.8) is 0 Å². The highest BCUT2D eigenvalue weighted by Crippen LogP contribution is 2.22. The maximum Gasteiger partial charge on any atom is 0.319 e. The molecule has 23 heavy (non-hydrogen) atoms. The Bertz CT molecular complexity index is 576. The molecule has 1 heterocycles. The van der Waals surface area contributed by atoms with Crippen LogP contribution in [0.15, 0.2) is 18.2 Å². The van der Waals surface area contributed by atoms with Crippen LogP contribution in [0.2, 0.25) is 0 Å². The van der Waals surface area contributed by atoms with Gasteiger partial charge in [-0.05, 0) is 51.1 Å². The van der Waals surface area contributed by atoms with Crippen LogP contribution in [0.25, 0.3) is 0 Å². The van der Waals surface area contributed by atoms with Crippen LogP contribution in [0, 0.1) is 0 Å². The van der Waals surface area contributed by atoms with Gasteiger partial charge in [-0.1, -0.05) is 0 Å². The van der Waals surface area contributed by atoms with Gasteiger partial charge in [0.25, 0.3) is 5.91 Å². The summed E-state index contributed by atoms with van der Waals surface area (Å²) in [6.45, 7) is 1.73. The van der Waals surface area contributed by atoms with Crippen LogP contribution in [0.5, 0.6) is 5.75 Å². The molecule has 0 spiro atoms. The predicted molar refractivity (Wildman–Crippen MR) is 88.8 cm³/mol. The summed E-state index contributed by atoms with van der Waals surface area (Å²) in [7, 11) is 3.57. The molecule has 0 unspecified atom stereocenters. The molecule has 1 fully saturated rings. The smallest absolute Gasteiger partial charge is 0.319 e. The third-order valence-corrected chi connectivity index (χ3v) is 4.16. The van der Waals surface area contributed by atoms with Gasteiger partial charge in [0.2, 0.25) is 0 Å². The minimum Gasteiger partial charge on any atom is -0.496 e. The Balaban J connectivity index is 1.85. The molecule has 1 aliphatic rings. The predicted octanol–water partition coefficient (Wildman–Crippen LogP) is 1.40. The summed E-state index contributed by atoms with van der Waals surface area (Å²) in [5, 5.41) is 5.53. The van der Waals surface area contributed by atoms with Crippen LogP contribution < -0.4 is 21.1 Å². The number of amides is 3. The average molecular weight is 320 g/mol. The first-order valence-corrected chi connectivity index (χ1v) is 7.74. The maximum atomic E-state index is 11.9. The van der Waals surface area contributed by atoms with Crippen molar-refractivity contribution in [3.8, 4) is 5.75 Å². The fourth-order valence-corrected chi connectivity index (χ4v) is 2.85. The molecule has 1 aliphatic heterocycles. The molecule has 0 aliphatic carbocycles. The van der Waals surface area contributed by atoms with Crippen LogP contribution in [-0.4, -0.2) is 50.1 Å². The number of hydrogen-bond acceptors (Lipinski definition) is 4. The van der Waals surface area contributed by atoms with Crippen molar-refractivity contribution >= 4 is 17.6 Å². The van der Waals surface area contributed by atoms with Gasteiger partial charge >= 0.3 is 6.03 Å². The molecule has 0 saturated carbocycles. The second-order valence-electron chi connectivity index (χ2n) is 5.73. The van der Waals surface area contributed by atoms with E-state index in [1.54, 1.807) is 12.1 Å². The van der Waals surface area contributed by atoms with Gasteiger partial charge in [0.15, 0.2) is 0 Å². The Hall–Kier alpha value is -2.28. The molecule has 1 saturated heterocycles. The fraction of sp³-hybridized carbons (Fsp3) is 0.500. The number of primary amides is 1. The normalized spacial score (nSPS) is 17.7. The SMILES string of the molecule is COc1ccc(NC(=O)NCC[C@@H]2CCCN2C)cc1C(N)=O. The second kappa shape index (κ2) is 7.82. The lowest BCUT2D eigenvalue weighted by molar-refractivity contribution is 0.0997. The number of rotatable bonds is 6. The van der Waals surface area contributed by atoms with Crippen molar-refractivity contribution < 1.29 is 14.3 Å². The van der Waals surface area contributed by atoms with Gasteiger partial charge in [-0.25, -0.2) is 4.79 Å². The lowest BCUT2D eigenvalue weighted by Crippen LogP contribution is -2.34. The van der Waals surface area contributed by atoms with Crippen molar-refractivity contribution in [2.45, 2.75) is 25.3 Å². The molecule has 3 amide bonds. The first-order valence-electron chi connectivity index (χ1n) is 7.74. The standard InChI is InChI=1S/C16H24N4O3/c1-20-9-3-4-12(20)7-8-18-16(22)19-11-5-6-14(23-2)13(10-11)15(17)21/h5-6,10,12H,3-4,7-9H2,1-2H3,(H2,17,21)(H2,18,19,22)/t12-/m0/s1. The summed E-state index contributed by atoms with van der Waals surface area (Å²) >= 11 is 0. The summed E-state index contributed by atoms with van der Waals surface area (Å²) < 4.78 is 5.06. The van der Waals surface area contributed by atoms with E-state index in [2.05, 4.69) is 22.6 Å². The van der Waals surface area contributed by atoms with Crippen molar-refractivity contribution in [1.29, 1.82) is 0 Å². The molecule has 126 valence electrons. The van der Waals surface area contributed by atoms with E-state index in [0.29, 0.717) is 24.0 Å². The molecule has 7 nitrogen and oxygen atoms in total. The molecule has 0 bridgehead atoms. The van der Waals surface area contributed by atoms with Gasteiger partial charge in [0.05, 0.1) is 12.7 Å². The average Bonchev–Trinajstić information content (AvgIpc) is 2.92. The van der Waals surface area contributed by atoms with Crippen LogP contribution in [0.4, 0.5) is 10.5 Å². The van der Waals surface area contributed by atoms with Crippen LogP contribution in [0.3, 0.4) is 0 Å². The molecule has 1 aromatic carbocycles. The third kappa shape index (κ3) is 4.59. The van der Waals surface area contributed by atoms with Gasteiger partial charge in [-0.15, -0.1) is 0 Å². The zero-order valence-corrected chi connectivity index (χ0v) is 13.6. The quantitative estimate of drug-likeness (QED) is 0.738. The van der Waals surface area contributed by atoms with Gasteiger partial charge in [0.1, 0.15) is 5.75 Å². The Morgan fingerprint density at radius 3 is 2.83 bits per heavy atom. The van der Waals surface area contributed by atoms with E-state index in [1.807, 2.05) is 0 Å². The monoisotopic (exact) mass is 320 g/mol. The number of hydrogen-bond donors (Lipinski definition) is 3. The highest BCUT2D eigenvalue weighted by atomic mass is 16.5. The summed E-state index contributed by atoms with van der Waals surface area (Å²) in [6, 6.07) is 5.01. The van der Waals surface area contributed by atoms with Crippen LogP contribution in [-0.2, 0) is 0 Å². The number of nitrogens with two attached hydrogens (primary N) is 1. The molecule has 0 radical (unpaired) electrons. The molecule has 0 aromatic heterocycles. The van der Waals surface area contributed by atoms with E-state index >= 15 is 0 Å². The number of carbonyl (C=O) groups excluding carboxylic acids is 2. The lowest BCUT2D eigenvalue weighted by Gasteiger charge is -2.19. The molecular weight excluding hydrogens is 296 g/mol. The van der Waals surface area contributed by atoms with Gasteiger partial charge in [-0.2, -0.15) is 0 Å². The number of ether oxygens (including phenoxy) is 1. The Morgan fingerprint density at radius 2 is 2.22 bits per heavy atom. The number of nitrogens with zero attached hydrogens (tertiary/aromatic N) is 1. The number of likely N-dealkylation sites (tertiary alicyclic amines) is 1. The van der Waals surface area contributed by atoms with Gasteiger partial charge < -0.3 is 26.0 Å². The van der Waals surface area contributed by atoms with E-state index in [0.717, 1.165) is 13.0 Å². The molecule has 2 rings (SSSR count). The van der Waals surface area contributed by atoms with E-state index in [4.69, 9.17) is 10.5 Å². The minimum absolute atomic E-state index is 0.234. The highest BCUT2D eigenvalue weighted by molar-refractivity contribution is 5.98. The number of carbonyl (C=O) groups is 2. The van der Waals surface area contributed by atoms with Crippen molar-refractivity contribution in [2.24, 2.45) is 5.73 Å². The van der Waals surface area contributed by atoms with Crippen molar-refractivity contribution in [2.75, 3.05) is 32.6 Å². The number of nitrogens with one attached hydrogen (secondary N) is 2. The first kappa shape index (κ1) is 17.1. The molecule has 1 atom stereocenters. The van der Waals surface area contributed by atoms with E-state index in [-0.39, 0.29) is 11.6 Å². The molecular formula is C16H24N4O3. The number of urea groups is 1. The lowest BCUT2D eigenvalue weighted by atomic mass is 10.1. The van der Waals surface area contributed by atoms with Crippen LogP contribution in [0.1, 0.15) is 29.6 Å². The van der Waals surface area contributed by atoms with Gasteiger partial charge in [0, 0.05) is 18.3 Å².